The van der Waals surface area contributed by atoms with Crippen LogP contribution < -0.4 is 5.73 Å². The highest BCUT2D eigenvalue weighted by Crippen LogP contribution is 2.33. The third kappa shape index (κ3) is 1.47. The Morgan fingerprint density at radius 2 is 2.27 bits per heavy atom. The van der Waals surface area contributed by atoms with Crippen molar-refractivity contribution < 1.29 is 0 Å². The predicted molar refractivity (Wildman–Crippen MR) is 61.9 cm³/mol. The molecule has 1 aliphatic rings. The maximum Gasteiger partial charge on any atom is 0.201 e. The Morgan fingerprint density at radius 3 is 3.00 bits per heavy atom. The average molecular weight is 222 g/mol. The molecule has 0 unspecified atom stereocenters. The summed E-state index contributed by atoms with van der Waals surface area (Å²) in [5, 5.41) is 0.675. The van der Waals surface area contributed by atoms with Crippen LogP contribution in [0.4, 0.5) is 5.95 Å². The Morgan fingerprint density at radius 1 is 1.47 bits per heavy atom. The molecular formula is C11H12ClN3. The van der Waals surface area contributed by atoms with Gasteiger partial charge in [-0.1, -0.05) is 17.7 Å². The molecule has 1 aliphatic carbocycles. The van der Waals surface area contributed by atoms with Gasteiger partial charge in [0, 0.05) is 6.54 Å². The van der Waals surface area contributed by atoms with E-state index >= 15 is 0 Å². The van der Waals surface area contributed by atoms with Crippen molar-refractivity contribution in [1.82, 2.24) is 9.55 Å². The summed E-state index contributed by atoms with van der Waals surface area (Å²) in [5.74, 6) is 1.36. The predicted octanol–water partition coefficient (Wildman–Crippen LogP) is 2.68. The molecule has 1 aromatic heterocycles. The van der Waals surface area contributed by atoms with Gasteiger partial charge in [0.2, 0.25) is 5.95 Å². The van der Waals surface area contributed by atoms with Crippen LogP contribution in [0.3, 0.4) is 0 Å². The zero-order valence-corrected chi connectivity index (χ0v) is 9.04. The molecule has 0 atom stereocenters. The van der Waals surface area contributed by atoms with Crippen molar-refractivity contribution in [3.8, 4) is 0 Å². The monoisotopic (exact) mass is 221 g/mol. The molecule has 1 fully saturated rings. The summed E-state index contributed by atoms with van der Waals surface area (Å²) >= 11 is 6.06. The van der Waals surface area contributed by atoms with Crippen LogP contribution in [0.5, 0.6) is 0 Å². The van der Waals surface area contributed by atoms with E-state index < -0.39 is 0 Å². The minimum atomic E-state index is 0.574. The Labute approximate surface area is 92.8 Å². The molecule has 2 aromatic rings. The van der Waals surface area contributed by atoms with E-state index in [1.54, 1.807) is 0 Å². The van der Waals surface area contributed by atoms with Crippen LogP contribution >= 0.6 is 11.6 Å². The first-order valence-electron chi connectivity index (χ1n) is 5.16. The number of hydrogen-bond donors (Lipinski definition) is 1. The minimum absolute atomic E-state index is 0.574. The van der Waals surface area contributed by atoms with Crippen molar-refractivity contribution >= 4 is 28.6 Å². The van der Waals surface area contributed by atoms with E-state index in [1.165, 1.54) is 12.8 Å². The molecule has 0 saturated heterocycles. The lowest BCUT2D eigenvalue weighted by atomic mass is 10.3. The van der Waals surface area contributed by atoms with Gasteiger partial charge in [0.1, 0.15) is 5.52 Å². The molecule has 1 aromatic carbocycles. The van der Waals surface area contributed by atoms with Crippen molar-refractivity contribution in [2.75, 3.05) is 5.73 Å². The number of anilines is 1. The summed E-state index contributed by atoms with van der Waals surface area (Å²) in [4.78, 5) is 4.30. The van der Waals surface area contributed by atoms with Gasteiger partial charge in [0.15, 0.2) is 0 Å². The molecule has 3 rings (SSSR count). The smallest absolute Gasteiger partial charge is 0.201 e. The van der Waals surface area contributed by atoms with Crippen LogP contribution in [-0.4, -0.2) is 9.55 Å². The van der Waals surface area contributed by atoms with E-state index in [-0.39, 0.29) is 0 Å². The van der Waals surface area contributed by atoms with E-state index in [1.807, 2.05) is 18.2 Å². The maximum absolute atomic E-state index is 6.06. The van der Waals surface area contributed by atoms with Gasteiger partial charge in [0.05, 0.1) is 10.5 Å². The first-order valence-corrected chi connectivity index (χ1v) is 5.54. The molecule has 15 heavy (non-hydrogen) atoms. The van der Waals surface area contributed by atoms with Crippen molar-refractivity contribution in [2.45, 2.75) is 19.4 Å². The van der Waals surface area contributed by atoms with Crippen molar-refractivity contribution in [3.63, 3.8) is 0 Å². The third-order valence-electron chi connectivity index (χ3n) is 2.90. The van der Waals surface area contributed by atoms with Gasteiger partial charge in [-0.05, 0) is 30.9 Å². The van der Waals surface area contributed by atoms with Gasteiger partial charge in [-0.3, -0.25) is 0 Å². The number of halogens is 1. The molecule has 0 aliphatic heterocycles. The topological polar surface area (TPSA) is 43.8 Å². The Bertz CT molecular complexity index is 514. The van der Waals surface area contributed by atoms with E-state index in [0.717, 1.165) is 23.5 Å². The van der Waals surface area contributed by atoms with Gasteiger partial charge >= 0.3 is 0 Å². The number of hydrogen-bond acceptors (Lipinski definition) is 2. The lowest BCUT2D eigenvalue weighted by molar-refractivity contribution is 0.650. The van der Waals surface area contributed by atoms with Crippen LogP contribution in [0.2, 0.25) is 5.02 Å². The first-order chi connectivity index (χ1) is 7.25. The lowest BCUT2D eigenvalue weighted by Crippen LogP contribution is -2.04. The van der Waals surface area contributed by atoms with Crippen molar-refractivity contribution in [1.29, 1.82) is 0 Å². The van der Waals surface area contributed by atoms with Crippen LogP contribution in [-0.2, 0) is 6.54 Å². The van der Waals surface area contributed by atoms with Crippen molar-refractivity contribution in [3.05, 3.63) is 23.2 Å². The number of nitrogen functional groups attached to an aromatic ring is 1. The van der Waals surface area contributed by atoms with Crippen LogP contribution in [0.1, 0.15) is 12.8 Å². The van der Waals surface area contributed by atoms with Gasteiger partial charge in [-0.2, -0.15) is 0 Å². The summed E-state index contributed by atoms with van der Waals surface area (Å²) in [5.41, 5.74) is 7.76. The summed E-state index contributed by atoms with van der Waals surface area (Å²) < 4.78 is 2.07. The Kier molecular flexibility index (Phi) is 1.89. The number of nitrogens with zero attached hydrogens (tertiary/aromatic N) is 2. The zero-order valence-electron chi connectivity index (χ0n) is 8.28. The zero-order chi connectivity index (χ0) is 10.4. The quantitative estimate of drug-likeness (QED) is 0.848. The highest BCUT2D eigenvalue weighted by molar-refractivity contribution is 6.35. The van der Waals surface area contributed by atoms with E-state index in [0.29, 0.717) is 11.0 Å². The molecule has 2 N–H and O–H groups in total. The third-order valence-corrected chi connectivity index (χ3v) is 3.20. The molecule has 1 heterocycles. The summed E-state index contributed by atoms with van der Waals surface area (Å²) in [6.07, 6.45) is 2.61. The van der Waals surface area contributed by atoms with E-state index in [2.05, 4.69) is 9.55 Å². The fourth-order valence-electron chi connectivity index (χ4n) is 1.88. The molecular weight excluding hydrogens is 210 g/mol. The molecule has 78 valence electrons. The molecule has 0 bridgehead atoms. The minimum Gasteiger partial charge on any atom is -0.369 e. The average Bonchev–Trinajstić information content (AvgIpc) is 2.96. The normalized spacial score (nSPS) is 16.1. The number of fused-ring (bicyclic) bond motifs is 1. The number of rotatable bonds is 2. The fraction of sp³-hybridized carbons (Fsp3) is 0.364. The first kappa shape index (κ1) is 9.04. The Hall–Kier alpha value is -1.22. The lowest BCUT2D eigenvalue weighted by Gasteiger charge is -2.04. The van der Waals surface area contributed by atoms with Crippen LogP contribution in [0.15, 0.2) is 18.2 Å². The molecule has 3 nitrogen and oxygen atoms in total. The number of aromatic nitrogens is 2. The molecule has 0 radical (unpaired) electrons. The second-order valence-corrected chi connectivity index (χ2v) is 4.54. The second-order valence-electron chi connectivity index (χ2n) is 4.13. The number of para-hydroxylation sites is 1. The van der Waals surface area contributed by atoms with E-state index in [4.69, 9.17) is 17.3 Å². The van der Waals surface area contributed by atoms with Crippen LogP contribution in [0, 0.1) is 5.92 Å². The molecule has 0 spiro atoms. The van der Waals surface area contributed by atoms with Crippen LogP contribution in [0.25, 0.3) is 11.0 Å². The van der Waals surface area contributed by atoms with E-state index in [9.17, 15) is 0 Å². The fourth-order valence-corrected chi connectivity index (χ4v) is 2.09. The highest BCUT2D eigenvalue weighted by atomic mass is 35.5. The molecule has 4 heteroatoms. The maximum atomic E-state index is 6.06. The Balaban J connectivity index is 2.18. The van der Waals surface area contributed by atoms with Gasteiger partial charge < -0.3 is 10.3 Å². The number of imidazole rings is 1. The van der Waals surface area contributed by atoms with Gasteiger partial charge in [-0.15, -0.1) is 0 Å². The summed E-state index contributed by atoms with van der Waals surface area (Å²) in [7, 11) is 0. The second kappa shape index (κ2) is 3.14. The van der Waals surface area contributed by atoms with Gasteiger partial charge in [-0.25, -0.2) is 4.98 Å². The standard InChI is InChI=1S/C11H12ClN3/c12-8-2-1-3-9-10(8)14-11(13)15(9)6-7-4-5-7/h1-3,7H,4-6H2,(H2,13,14). The SMILES string of the molecule is Nc1nc2c(Cl)cccc2n1CC1CC1. The molecule has 0 amide bonds. The van der Waals surface area contributed by atoms with Crippen molar-refractivity contribution in [2.24, 2.45) is 5.92 Å². The van der Waals surface area contributed by atoms with Gasteiger partial charge in [0.25, 0.3) is 0 Å². The number of benzene rings is 1. The molecule has 1 saturated carbocycles. The highest BCUT2D eigenvalue weighted by Gasteiger charge is 2.23. The largest absolute Gasteiger partial charge is 0.369 e. The summed E-state index contributed by atoms with van der Waals surface area (Å²) in [6, 6.07) is 5.81. The number of nitrogens with two attached hydrogens (primary N) is 1. The summed E-state index contributed by atoms with van der Waals surface area (Å²) in [6.45, 7) is 0.975.